The summed E-state index contributed by atoms with van der Waals surface area (Å²) in [6.07, 6.45) is 3.67. The molecule has 0 atom stereocenters. The van der Waals surface area contributed by atoms with Crippen LogP contribution in [0.1, 0.15) is 11.1 Å². The molecule has 0 aliphatic carbocycles. The van der Waals surface area contributed by atoms with Crippen LogP contribution in [0.4, 0.5) is 10.1 Å². The fourth-order valence-electron chi connectivity index (χ4n) is 2.83. The maximum atomic E-state index is 13.0. The fraction of sp³-hybridized carbons (Fsp3) is 0.0435. The Labute approximate surface area is 163 Å². The van der Waals surface area contributed by atoms with Crippen LogP contribution in [0.25, 0.3) is 16.9 Å². The van der Waals surface area contributed by atoms with Crippen molar-refractivity contribution in [3.05, 3.63) is 102 Å². The van der Waals surface area contributed by atoms with Crippen LogP contribution in [0.5, 0.6) is 0 Å². The molecule has 3 aromatic carbocycles. The maximum Gasteiger partial charge on any atom is 0.123 e. The molecule has 5 heteroatoms. The maximum absolute atomic E-state index is 13.0. The summed E-state index contributed by atoms with van der Waals surface area (Å²) in [7, 11) is 0. The van der Waals surface area contributed by atoms with Gasteiger partial charge >= 0.3 is 0 Å². The van der Waals surface area contributed by atoms with Gasteiger partial charge in [-0.15, -0.1) is 0 Å². The highest BCUT2D eigenvalue weighted by atomic mass is 19.1. The van der Waals surface area contributed by atoms with E-state index in [1.165, 1.54) is 17.7 Å². The standard InChI is InChI=1S/C23H19FN4/c1-17-7-13-22(14-8-17)28-16-19(23(27-28)18-5-3-2-4-6-18)15-25-26-21-11-9-20(24)10-12-21/h2-16,26H,1H3/b25-15+. The molecule has 0 saturated carbocycles. The molecule has 0 unspecified atom stereocenters. The summed E-state index contributed by atoms with van der Waals surface area (Å²) in [6, 6.07) is 24.2. The van der Waals surface area contributed by atoms with Crippen molar-refractivity contribution in [2.75, 3.05) is 5.43 Å². The van der Waals surface area contributed by atoms with E-state index in [1.807, 2.05) is 53.3 Å². The number of hydrogen-bond acceptors (Lipinski definition) is 3. The van der Waals surface area contributed by atoms with E-state index in [9.17, 15) is 4.39 Å². The number of aromatic nitrogens is 2. The Balaban J connectivity index is 1.67. The molecule has 0 spiro atoms. The monoisotopic (exact) mass is 370 g/mol. The molecule has 4 rings (SSSR count). The van der Waals surface area contributed by atoms with E-state index in [2.05, 4.69) is 29.6 Å². The van der Waals surface area contributed by atoms with Gasteiger partial charge in [-0.2, -0.15) is 10.2 Å². The lowest BCUT2D eigenvalue weighted by atomic mass is 10.1. The molecule has 0 amide bonds. The van der Waals surface area contributed by atoms with E-state index in [4.69, 9.17) is 5.10 Å². The molecule has 0 aliphatic rings. The minimum Gasteiger partial charge on any atom is -0.278 e. The van der Waals surface area contributed by atoms with E-state index < -0.39 is 0 Å². The van der Waals surface area contributed by atoms with E-state index in [0.29, 0.717) is 5.69 Å². The number of halogens is 1. The lowest BCUT2D eigenvalue weighted by Gasteiger charge is -2.01. The Morgan fingerprint density at radius 3 is 2.36 bits per heavy atom. The topological polar surface area (TPSA) is 42.2 Å². The Morgan fingerprint density at radius 1 is 0.929 bits per heavy atom. The number of hydrogen-bond donors (Lipinski definition) is 1. The summed E-state index contributed by atoms with van der Waals surface area (Å²) in [4.78, 5) is 0. The number of nitrogens with zero attached hydrogens (tertiary/aromatic N) is 3. The fourth-order valence-corrected chi connectivity index (χ4v) is 2.83. The lowest BCUT2D eigenvalue weighted by Crippen LogP contribution is -1.94. The van der Waals surface area contributed by atoms with E-state index in [1.54, 1.807) is 18.3 Å². The van der Waals surface area contributed by atoms with Gasteiger partial charge in [-0.05, 0) is 43.3 Å². The van der Waals surface area contributed by atoms with Crippen LogP contribution < -0.4 is 5.43 Å². The molecule has 138 valence electrons. The smallest absolute Gasteiger partial charge is 0.123 e. The van der Waals surface area contributed by atoms with Gasteiger partial charge in [0.2, 0.25) is 0 Å². The second-order valence-electron chi connectivity index (χ2n) is 6.46. The van der Waals surface area contributed by atoms with Gasteiger partial charge in [0.1, 0.15) is 11.5 Å². The van der Waals surface area contributed by atoms with Gasteiger partial charge in [0, 0.05) is 17.3 Å². The predicted molar refractivity (Wildman–Crippen MR) is 111 cm³/mol. The first-order valence-electron chi connectivity index (χ1n) is 8.96. The summed E-state index contributed by atoms with van der Waals surface area (Å²) in [6.45, 7) is 2.06. The molecule has 1 heterocycles. The summed E-state index contributed by atoms with van der Waals surface area (Å²) >= 11 is 0. The lowest BCUT2D eigenvalue weighted by molar-refractivity contribution is 0.628. The van der Waals surface area contributed by atoms with Gasteiger partial charge in [0.25, 0.3) is 0 Å². The van der Waals surface area contributed by atoms with Gasteiger partial charge in [0.05, 0.1) is 17.6 Å². The van der Waals surface area contributed by atoms with E-state index >= 15 is 0 Å². The zero-order valence-electron chi connectivity index (χ0n) is 15.4. The van der Waals surface area contributed by atoms with E-state index in [-0.39, 0.29) is 5.82 Å². The second-order valence-corrected chi connectivity index (χ2v) is 6.46. The minimum absolute atomic E-state index is 0.278. The molecule has 28 heavy (non-hydrogen) atoms. The number of benzene rings is 3. The van der Waals surface area contributed by atoms with E-state index in [0.717, 1.165) is 22.5 Å². The Bertz CT molecular complexity index is 1080. The number of anilines is 1. The van der Waals surface area contributed by atoms with Crippen molar-refractivity contribution in [1.82, 2.24) is 9.78 Å². The average molecular weight is 370 g/mol. The van der Waals surface area contributed by atoms with Crippen molar-refractivity contribution in [3.63, 3.8) is 0 Å². The summed E-state index contributed by atoms with van der Waals surface area (Å²) in [5, 5.41) is 9.06. The van der Waals surface area contributed by atoms with Crippen molar-refractivity contribution >= 4 is 11.9 Å². The zero-order valence-corrected chi connectivity index (χ0v) is 15.4. The van der Waals surface area contributed by atoms with Gasteiger partial charge in [-0.1, -0.05) is 48.0 Å². The highest BCUT2D eigenvalue weighted by molar-refractivity contribution is 5.89. The highest BCUT2D eigenvalue weighted by Crippen LogP contribution is 2.22. The molecular weight excluding hydrogens is 351 g/mol. The third-order valence-electron chi connectivity index (χ3n) is 4.33. The second kappa shape index (κ2) is 7.88. The Kier molecular flexibility index (Phi) is 4.97. The number of rotatable bonds is 5. The van der Waals surface area contributed by atoms with Gasteiger partial charge in [0.15, 0.2) is 0 Å². The van der Waals surface area contributed by atoms with Crippen molar-refractivity contribution in [2.45, 2.75) is 6.92 Å². The van der Waals surface area contributed by atoms with Crippen molar-refractivity contribution in [1.29, 1.82) is 0 Å². The van der Waals surface area contributed by atoms with Crippen LogP contribution in [-0.4, -0.2) is 16.0 Å². The predicted octanol–water partition coefficient (Wildman–Crippen LogP) is 5.43. The molecule has 0 saturated heterocycles. The first-order valence-corrected chi connectivity index (χ1v) is 8.96. The molecule has 0 fully saturated rings. The highest BCUT2D eigenvalue weighted by Gasteiger charge is 2.10. The zero-order chi connectivity index (χ0) is 19.3. The van der Waals surface area contributed by atoms with Crippen molar-refractivity contribution in [3.8, 4) is 16.9 Å². The third kappa shape index (κ3) is 3.99. The minimum atomic E-state index is -0.278. The van der Waals surface area contributed by atoms with Crippen molar-refractivity contribution < 1.29 is 4.39 Å². The van der Waals surface area contributed by atoms with Crippen LogP contribution in [0.3, 0.4) is 0 Å². The molecule has 0 radical (unpaired) electrons. The van der Waals surface area contributed by atoms with Crippen LogP contribution in [0.15, 0.2) is 90.2 Å². The summed E-state index contributed by atoms with van der Waals surface area (Å²) in [5.41, 5.74) is 8.54. The molecule has 4 aromatic rings. The van der Waals surface area contributed by atoms with Crippen LogP contribution >= 0.6 is 0 Å². The average Bonchev–Trinajstić information content (AvgIpc) is 3.15. The van der Waals surface area contributed by atoms with Gasteiger partial charge in [-0.25, -0.2) is 9.07 Å². The number of aryl methyl sites for hydroxylation is 1. The molecule has 4 nitrogen and oxygen atoms in total. The van der Waals surface area contributed by atoms with Gasteiger partial charge in [-0.3, -0.25) is 5.43 Å². The summed E-state index contributed by atoms with van der Waals surface area (Å²) in [5.74, 6) is -0.278. The van der Waals surface area contributed by atoms with Crippen LogP contribution in [0, 0.1) is 12.7 Å². The Hall–Kier alpha value is -3.73. The largest absolute Gasteiger partial charge is 0.278 e. The number of nitrogens with one attached hydrogen (secondary N) is 1. The quantitative estimate of drug-likeness (QED) is 0.376. The molecular formula is C23H19FN4. The molecule has 0 bridgehead atoms. The number of hydrazone groups is 1. The van der Waals surface area contributed by atoms with Crippen LogP contribution in [0.2, 0.25) is 0 Å². The molecule has 0 aliphatic heterocycles. The Morgan fingerprint density at radius 2 is 1.64 bits per heavy atom. The normalized spacial score (nSPS) is 11.1. The SMILES string of the molecule is Cc1ccc(-n2cc(/C=N/Nc3ccc(F)cc3)c(-c3ccccc3)n2)cc1. The molecule has 1 N–H and O–H groups in total. The van der Waals surface area contributed by atoms with Gasteiger partial charge < -0.3 is 0 Å². The van der Waals surface area contributed by atoms with Crippen LogP contribution in [-0.2, 0) is 0 Å². The summed E-state index contributed by atoms with van der Waals surface area (Å²) < 4.78 is 14.9. The first-order chi connectivity index (χ1) is 13.7. The first kappa shape index (κ1) is 17.7. The third-order valence-corrected chi connectivity index (χ3v) is 4.33. The molecule has 1 aromatic heterocycles. The van der Waals surface area contributed by atoms with Crippen molar-refractivity contribution in [2.24, 2.45) is 5.10 Å².